The van der Waals surface area contributed by atoms with E-state index in [1.54, 1.807) is 42.5 Å². The highest BCUT2D eigenvalue weighted by molar-refractivity contribution is 7.94. The summed E-state index contributed by atoms with van der Waals surface area (Å²) in [6, 6.07) is 15.5. The molecule has 10 nitrogen and oxygen atoms in total. The first kappa shape index (κ1) is 35.7. The average molecular weight is 674 g/mol. The number of carbonyl (C=O) groups is 1. The first-order valence-electron chi connectivity index (χ1n) is 15.7. The summed E-state index contributed by atoms with van der Waals surface area (Å²) < 4.78 is 46.8. The third kappa shape index (κ3) is 9.68. The number of amides is 1. The van der Waals surface area contributed by atoms with E-state index < -0.39 is 16.1 Å². The molecule has 46 heavy (non-hydrogen) atoms. The van der Waals surface area contributed by atoms with Gasteiger partial charge < -0.3 is 24.2 Å². The molecule has 0 saturated carbocycles. The van der Waals surface area contributed by atoms with Gasteiger partial charge in [-0.25, -0.2) is 8.42 Å². The van der Waals surface area contributed by atoms with Gasteiger partial charge in [-0.2, -0.15) is 0 Å². The number of likely N-dealkylation sites (N-methyl/N-ethyl adjacent to an activating group) is 1. The molecule has 0 unspecified atom stereocenters. The summed E-state index contributed by atoms with van der Waals surface area (Å²) in [5, 5.41) is 11.9. The van der Waals surface area contributed by atoms with Crippen molar-refractivity contribution in [1.29, 1.82) is 0 Å². The molecule has 1 aromatic heterocycles. The molecule has 1 aliphatic heterocycles. The maximum Gasteiger partial charge on any atom is 0.271 e. The van der Waals surface area contributed by atoms with Crippen molar-refractivity contribution in [3.63, 3.8) is 0 Å². The van der Waals surface area contributed by atoms with Crippen LogP contribution < -0.4 is 14.2 Å². The number of methoxy groups -OCH3 is 1. The Bertz CT molecular complexity index is 1500. The number of anilines is 1. The smallest absolute Gasteiger partial charge is 0.271 e. The molecule has 0 aliphatic carbocycles. The number of rotatable bonds is 10. The Morgan fingerprint density at radius 1 is 1.15 bits per heavy atom. The minimum Gasteiger partial charge on any atom is -0.497 e. The van der Waals surface area contributed by atoms with Crippen molar-refractivity contribution < 1.29 is 32.5 Å². The van der Waals surface area contributed by atoms with E-state index in [1.807, 2.05) is 31.2 Å². The number of nitrogens with one attached hydrogen (secondary N) is 1. The molecule has 0 spiro atoms. The molecule has 2 N–H and O–H groups in total. The van der Waals surface area contributed by atoms with Crippen molar-refractivity contribution in [1.82, 2.24) is 9.80 Å². The predicted octanol–water partition coefficient (Wildman–Crippen LogP) is 5.49. The maximum atomic E-state index is 14.3. The van der Waals surface area contributed by atoms with Crippen molar-refractivity contribution in [2.45, 2.75) is 69.0 Å². The molecule has 2 aromatic carbocycles. The second kappa shape index (κ2) is 16.6. The van der Waals surface area contributed by atoms with Gasteiger partial charge in [0.25, 0.3) is 15.9 Å². The number of aliphatic hydroxyl groups excluding tert-OH is 1. The van der Waals surface area contributed by atoms with Crippen molar-refractivity contribution in [3.05, 3.63) is 71.1 Å². The van der Waals surface area contributed by atoms with Gasteiger partial charge in [0.05, 0.1) is 37.5 Å². The number of ether oxygens (including phenoxy) is 3. The lowest BCUT2D eigenvalue weighted by Crippen LogP contribution is -2.47. The van der Waals surface area contributed by atoms with Crippen LogP contribution in [0.1, 0.15) is 56.0 Å². The van der Waals surface area contributed by atoms with Crippen LogP contribution in [-0.2, 0) is 21.3 Å². The van der Waals surface area contributed by atoms with Gasteiger partial charge in [0.15, 0.2) is 0 Å². The number of hydrogen-bond acceptors (Lipinski definition) is 9. The Balaban J connectivity index is 1.61. The molecule has 0 saturated heterocycles. The Kier molecular flexibility index (Phi) is 12.9. The third-order valence-corrected chi connectivity index (χ3v) is 10.9. The SMILES string of the molecule is COc1ccc(CN(C)C[C@H]2OCCCC[C@@H](C)Oc3ccc(NS(=O)(=O)c4cccs4)cc3C(=O)N([C@@H](C)CO)C[C@H]2C)cc1. The highest BCUT2D eigenvalue weighted by Gasteiger charge is 2.31. The first-order valence-corrected chi connectivity index (χ1v) is 18.1. The number of nitrogens with zero attached hydrogens (tertiary/aromatic N) is 2. The molecule has 4 atom stereocenters. The van der Waals surface area contributed by atoms with Gasteiger partial charge in [-0.15, -0.1) is 11.3 Å². The third-order valence-electron chi connectivity index (χ3n) is 8.17. The minimum absolute atomic E-state index is 0.0805. The highest BCUT2D eigenvalue weighted by atomic mass is 32.2. The zero-order chi connectivity index (χ0) is 33.3. The monoisotopic (exact) mass is 673 g/mol. The van der Waals surface area contributed by atoms with E-state index in [4.69, 9.17) is 14.2 Å². The fourth-order valence-electron chi connectivity index (χ4n) is 5.48. The van der Waals surface area contributed by atoms with Crippen molar-refractivity contribution in [3.8, 4) is 11.5 Å². The molecule has 2 heterocycles. The quantitative estimate of drug-likeness (QED) is 0.291. The van der Waals surface area contributed by atoms with E-state index >= 15 is 0 Å². The molecule has 4 rings (SSSR count). The standard InChI is InChI=1S/C34H47N3O7S2/c1-24-20-37(25(2)23-38)34(39)30-19-28(35-46(40,41)33-10-8-18-45-33)13-16-31(30)44-26(3)9-6-7-17-43-32(24)22-36(4)21-27-11-14-29(42-5)15-12-27/h8,10-16,18-19,24-26,32,35,38H,6-7,9,17,20-23H2,1-5H3/t24-,25+,26-,32-/m1/s1. The van der Waals surface area contributed by atoms with E-state index in [2.05, 4.69) is 23.6 Å². The van der Waals surface area contributed by atoms with Gasteiger partial charge in [-0.1, -0.05) is 25.1 Å². The summed E-state index contributed by atoms with van der Waals surface area (Å²) in [7, 11) is -0.122. The van der Waals surface area contributed by atoms with Crippen LogP contribution in [0.25, 0.3) is 0 Å². The highest BCUT2D eigenvalue weighted by Crippen LogP contribution is 2.30. The maximum absolute atomic E-state index is 14.3. The molecule has 252 valence electrons. The van der Waals surface area contributed by atoms with Crippen LogP contribution in [0.4, 0.5) is 5.69 Å². The topological polar surface area (TPSA) is 118 Å². The molecule has 1 amide bonds. The van der Waals surface area contributed by atoms with Crippen molar-refractivity contribution >= 4 is 33.0 Å². The summed E-state index contributed by atoms with van der Waals surface area (Å²) in [6.07, 6.45) is 2.16. The Labute approximate surface area is 277 Å². The van der Waals surface area contributed by atoms with Gasteiger partial charge in [0.1, 0.15) is 15.7 Å². The minimum atomic E-state index is -3.83. The Hall–Kier alpha value is -3.16. The van der Waals surface area contributed by atoms with Gasteiger partial charge in [-0.05, 0) is 87.5 Å². The first-order chi connectivity index (χ1) is 22.0. The fraction of sp³-hybridized carbons (Fsp3) is 0.500. The summed E-state index contributed by atoms with van der Waals surface area (Å²) in [4.78, 5) is 18.2. The Morgan fingerprint density at radius 3 is 2.59 bits per heavy atom. The van der Waals surface area contributed by atoms with Crippen molar-refractivity contribution in [2.24, 2.45) is 5.92 Å². The van der Waals surface area contributed by atoms with Crippen LogP contribution in [0.15, 0.2) is 64.2 Å². The predicted molar refractivity (Wildman–Crippen MR) is 181 cm³/mol. The molecule has 0 fully saturated rings. The molecular weight excluding hydrogens is 627 g/mol. The van der Waals surface area contributed by atoms with Crippen LogP contribution >= 0.6 is 11.3 Å². The lowest BCUT2D eigenvalue weighted by atomic mass is 10.0. The normalized spacial score (nSPS) is 20.8. The number of sulfonamides is 1. The van der Waals surface area contributed by atoms with Crippen LogP contribution in [0, 0.1) is 5.92 Å². The van der Waals surface area contributed by atoms with E-state index in [0.717, 1.165) is 48.5 Å². The number of fused-ring (bicyclic) bond motifs is 1. The molecule has 12 heteroatoms. The van der Waals surface area contributed by atoms with E-state index in [1.165, 1.54) is 12.1 Å². The fourth-order valence-corrected chi connectivity index (χ4v) is 7.53. The van der Waals surface area contributed by atoms with Crippen LogP contribution in [0.3, 0.4) is 0 Å². The lowest BCUT2D eigenvalue weighted by Gasteiger charge is -2.36. The molecule has 3 aromatic rings. The number of thiophene rings is 1. The lowest BCUT2D eigenvalue weighted by molar-refractivity contribution is -0.0177. The second-order valence-electron chi connectivity index (χ2n) is 12.1. The van der Waals surface area contributed by atoms with Crippen LogP contribution in [0.5, 0.6) is 11.5 Å². The molecule has 0 radical (unpaired) electrons. The second-order valence-corrected chi connectivity index (χ2v) is 15.0. The summed E-state index contributed by atoms with van der Waals surface area (Å²) in [5.74, 6) is 0.757. The summed E-state index contributed by atoms with van der Waals surface area (Å²) in [5.41, 5.74) is 1.64. The number of hydrogen-bond donors (Lipinski definition) is 2. The zero-order valence-electron chi connectivity index (χ0n) is 27.3. The molecule has 1 aliphatic rings. The van der Waals surface area contributed by atoms with Crippen LogP contribution in [0.2, 0.25) is 0 Å². The van der Waals surface area contributed by atoms with Gasteiger partial charge in [-0.3, -0.25) is 14.4 Å². The number of benzene rings is 2. The number of carbonyl (C=O) groups excluding carboxylic acids is 1. The van der Waals surface area contributed by atoms with Crippen LogP contribution in [-0.4, -0.2) is 87.9 Å². The molecular formula is C34H47N3O7S2. The number of aliphatic hydroxyl groups is 1. The van der Waals surface area contributed by atoms with E-state index in [9.17, 15) is 18.3 Å². The van der Waals surface area contributed by atoms with Crippen molar-refractivity contribution in [2.75, 3.05) is 45.2 Å². The van der Waals surface area contributed by atoms with E-state index in [0.29, 0.717) is 25.4 Å². The van der Waals surface area contributed by atoms with Gasteiger partial charge in [0, 0.05) is 37.8 Å². The Morgan fingerprint density at radius 2 is 1.91 bits per heavy atom. The largest absolute Gasteiger partial charge is 0.497 e. The zero-order valence-corrected chi connectivity index (χ0v) is 29.0. The summed E-state index contributed by atoms with van der Waals surface area (Å²) in [6.45, 7) is 7.86. The van der Waals surface area contributed by atoms with Gasteiger partial charge in [0.2, 0.25) is 0 Å². The average Bonchev–Trinajstić information content (AvgIpc) is 3.59. The summed E-state index contributed by atoms with van der Waals surface area (Å²) >= 11 is 1.11. The van der Waals surface area contributed by atoms with E-state index in [-0.39, 0.29) is 46.1 Å². The molecule has 0 bridgehead atoms. The van der Waals surface area contributed by atoms with Gasteiger partial charge >= 0.3 is 0 Å².